The van der Waals surface area contributed by atoms with Crippen LogP contribution in [0.5, 0.6) is 0 Å². The van der Waals surface area contributed by atoms with E-state index in [1.165, 1.54) is 19.1 Å². The van der Waals surface area contributed by atoms with Gasteiger partial charge >= 0.3 is 23.9 Å². The van der Waals surface area contributed by atoms with Crippen LogP contribution in [0.15, 0.2) is 91.0 Å². The van der Waals surface area contributed by atoms with Gasteiger partial charge in [0.25, 0.3) is 0 Å². The van der Waals surface area contributed by atoms with E-state index in [9.17, 15) is 34.2 Å². The summed E-state index contributed by atoms with van der Waals surface area (Å²) in [5, 5.41) is 22.5. The first-order chi connectivity index (χ1) is 30.8. The highest BCUT2D eigenvalue weighted by atomic mass is 28.4. The summed E-state index contributed by atoms with van der Waals surface area (Å²) in [6, 6.07) is 25.4. The number of benzene rings is 3. The van der Waals surface area contributed by atoms with Crippen molar-refractivity contribution in [3.8, 4) is 0 Å². The topological polar surface area (TPSA) is 209 Å². The van der Waals surface area contributed by atoms with Crippen molar-refractivity contribution in [3.63, 3.8) is 0 Å². The molecule has 2 N–H and O–H groups in total. The standard InChI is InChI=1S/C48H62O16Si/c1-29(2)48(5,6)65(7,8)58-28-36-40(64-47-41(61-37(51)25-24-30(3)49)39(53)38(52)35(59-47)27-56-31(4)50)42(62-44(54)33-20-14-10-15-21-33)43(63-45(55)34-22-16-11-17-23-34)46(60-36)57-26-32-18-12-9-13-19-32/h9-23,29,35-36,38-43,46-47,52-53H,24-28H2,1-8H3/t35-,36-,38+,39+,40-,41-,42+,43-,46-,47+/m1/s1. The first-order valence-corrected chi connectivity index (χ1v) is 24.7. The molecule has 0 radical (unpaired) electrons. The Morgan fingerprint density at radius 1 is 0.662 bits per heavy atom. The van der Waals surface area contributed by atoms with Crippen LogP contribution < -0.4 is 0 Å². The Morgan fingerprint density at radius 2 is 1.20 bits per heavy atom. The number of hydrogen-bond donors (Lipinski definition) is 2. The highest BCUT2D eigenvalue weighted by Gasteiger charge is 2.57. The highest BCUT2D eigenvalue weighted by molar-refractivity contribution is 6.74. The monoisotopic (exact) mass is 922 g/mol. The average Bonchev–Trinajstić information content (AvgIpc) is 3.28. The Bertz CT molecular complexity index is 2030. The Kier molecular flexibility index (Phi) is 18.1. The van der Waals surface area contributed by atoms with Crippen molar-refractivity contribution < 1.29 is 76.5 Å². The fraction of sp³-hybridized carbons (Fsp3) is 0.521. The summed E-state index contributed by atoms with van der Waals surface area (Å²) < 4.78 is 56.3. The second kappa shape index (κ2) is 23.0. The lowest BCUT2D eigenvalue weighted by molar-refractivity contribution is -0.359. The zero-order valence-electron chi connectivity index (χ0n) is 38.2. The van der Waals surface area contributed by atoms with Gasteiger partial charge < -0.3 is 57.3 Å². The number of carbonyl (C=O) groups is 5. The highest BCUT2D eigenvalue weighted by Crippen LogP contribution is 2.45. The van der Waals surface area contributed by atoms with Crippen LogP contribution in [0.3, 0.4) is 0 Å². The number of Topliss-reactive ketones (excluding diaryl/α,β-unsaturated/α-hetero) is 1. The zero-order chi connectivity index (χ0) is 47.5. The summed E-state index contributed by atoms with van der Waals surface area (Å²) in [6.07, 6.45) is -16.6. The Morgan fingerprint density at radius 3 is 1.74 bits per heavy atom. The van der Waals surface area contributed by atoms with Crippen molar-refractivity contribution in [2.75, 3.05) is 13.2 Å². The molecule has 0 spiro atoms. The maximum atomic E-state index is 14.2. The van der Waals surface area contributed by atoms with Crippen LogP contribution in [0.2, 0.25) is 18.1 Å². The number of hydrogen-bond acceptors (Lipinski definition) is 16. The van der Waals surface area contributed by atoms with E-state index in [1.54, 1.807) is 48.5 Å². The SMILES string of the molecule is CC(=O)CCC(=O)O[C@H]1[C@H](O[C@H]2[C@H](OC(=O)c3ccccc3)[C@@H](OC(=O)c3ccccc3)[C@H](OCc3ccccc3)O[C@@H]2CO[Si](C)(C)C(C)(C)C(C)C)O[C@H](COC(C)=O)[C@H](O)[C@@H]1O. The van der Waals surface area contributed by atoms with Gasteiger partial charge in [-0.05, 0) is 60.8 Å². The number of ether oxygens (including phenoxy) is 8. The predicted molar refractivity (Wildman–Crippen MR) is 235 cm³/mol. The lowest BCUT2D eigenvalue weighted by Crippen LogP contribution is -2.67. The van der Waals surface area contributed by atoms with E-state index in [0.717, 1.165) is 12.5 Å². The van der Waals surface area contributed by atoms with Gasteiger partial charge in [0.1, 0.15) is 42.9 Å². The second-order valence-corrected chi connectivity index (χ2v) is 22.2. The molecule has 17 heteroatoms. The number of aliphatic hydroxyl groups excluding tert-OH is 2. The zero-order valence-corrected chi connectivity index (χ0v) is 39.2. The van der Waals surface area contributed by atoms with E-state index in [2.05, 4.69) is 40.8 Å². The van der Waals surface area contributed by atoms with Crippen molar-refractivity contribution >= 4 is 38.0 Å². The molecule has 0 aromatic heterocycles. The quantitative estimate of drug-likeness (QED) is 0.0790. The molecule has 5 rings (SSSR count). The Hall–Kier alpha value is -4.85. The number of carbonyl (C=O) groups excluding carboxylic acids is 5. The van der Waals surface area contributed by atoms with Gasteiger partial charge in [-0.1, -0.05) is 94.4 Å². The molecule has 65 heavy (non-hydrogen) atoms. The van der Waals surface area contributed by atoms with Crippen LogP contribution in [0.4, 0.5) is 0 Å². The minimum absolute atomic E-state index is 0.0318. The van der Waals surface area contributed by atoms with Gasteiger partial charge in [0.15, 0.2) is 39.2 Å². The van der Waals surface area contributed by atoms with Crippen molar-refractivity contribution in [1.82, 2.24) is 0 Å². The fourth-order valence-electron chi connectivity index (χ4n) is 7.15. The smallest absolute Gasteiger partial charge is 0.338 e. The van der Waals surface area contributed by atoms with Crippen molar-refractivity contribution in [1.29, 1.82) is 0 Å². The average molecular weight is 923 g/mol. The van der Waals surface area contributed by atoms with Crippen LogP contribution in [-0.4, -0.2) is 123 Å². The first kappa shape index (κ1) is 51.1. The molecule has 0 saturated carbocycles. The summed E-state index contributed by atoms with van der Waals surface area (Å²) in [4.78, 5) is 65.2. The summed E-state index contributed by atoms with van der Waals surface area (Å²) >= 11 is 0. The molecule has 354 valence electrons. The van der Waals surface area contributed by atoms with Crippen LogP contribution in [0, 0.1) is 5.92 Å². The molecule has 2 aliphatic rings. The molecule has 2 saturated heterocycles. The number of rotatable bonds is 20. The van der Waals surface area contributed by atoms with E-state index in [1.807, 2.05) is 30.3 Å². The maximum absolute atomic E-state index is 14.2. The third kappa shape index (κ3) is 13.6. The van der Waals surface area contributed by atoms with E-state index in [-0.39, 0.29) is 53.9 Å². The minimum atomic E-state index is -2.67. The molecule has 0 amide bonds. The minimum Gasteiger partial charge on any atom is -0.463 e. The van der Waals surface area contributed by atoms with Gasteiger partial charge in [0.2, 0.25) is 0 Å². The van der Waals surface area contributed by atoms with Gasteiger partial charge in [0, 0.05) is 13.3 Å². The van der Waals surface area contributed by atoms with Gasteiger partial charge in [-0.25, -0.2) is 9.59 Å². The third-order valence-corrected chi connectivity index (χ3v) is 16.9. The van der Waals surface area contributed by atoms with E-state index < -0.39 is 100 Å². The Labute approximate surface area is 380 Å². The molecule has 0 aliphatic carbocycles. The van der Waals surface area contributed by atoms with Gasteiger partial charge in [-0.15, -0.1) is 0 Å². The van der Waals surface area contributed by atoms with Gasteiger partial charge in [-0.3, -0.25) is 9.59 Å². The summed E-state index contributed by atoms with van der Waals surface area (Å²) in [7, 11) is -2.67. The molecular formula is C48H62O16Si. The molecular weight excluding hydrogens is 861 g/mol. The summed E-state index contributed by atoms with van der Waals surface area (Å²) in [6.45, 7) is 14.2. The largest absolute Gasteiger partial charge is 0.463 e. The molecule has 2 heterocycles. The normalized spacial score (nSPS) is 25.9. The van der Waals surface area contributed by atoms with Gasteiger partial charge in [-0.2, -0.15) is 0 Å². The molecule has 2 aliphatic heterocycles. The van der Waals surface area contributed by atoms with Crippen molar-refractivity contribution in [2.24, 2.45) is 5.92 Å². The van der Waals surface area contributed by atoms with E-state index >= 15 is 0 Å². The molecule has 16 nitrogen and oxygen atoms in total. The summed E-state index contributed by atoms with van der Waals surface area (Å²) in [5.74, 6) is -3.40. The van der Waals surface area contributed by atoms with E-state index in [4.69, 9.17) is 42.3 Å². The number of ketones is 1. The second-order valence-electron chi connectivity index (χ2n) is 17.6. The Balaban J connectivity index is 1.66. The van der Waals surface area contributed by atoms with Crippen molar-refractivity contribution in [2.45, 2.75) is 141 Å². The summed E-state index contributed by atoms with van der Waals surface area (Å²) in [5.41, 5.74) is 1.04. The molecule has 0 unspecified atom stereocenters. The van der Waals surface area contributed by atoms with E-state index in [0.29, 0.717) is 0 Å². The molecule has 2 fully saturated rings. The fourth-order valence-corrected chi connectivity index (χ4v) is 9.49. The van der Waals surface area contributed by atoms with Crippen molar-refractivity contribution in [3.05, 3.63) is 108 Å². The lowest BCUT2D eigenvalue weighted by Gasteiger charge is -2.49. The molecule has 10 atom stereocenters. The van der Waals surface area contributed by atoms with Crippen LogP contribution in [0.25, 0.3) is 0 Å². The molecule has 3 aromatic rings. The van der Waals surface area contributed by atoms with Crippen LogP contribution in [0.1, 0.15) is 80.7 Å². The number of aliphatic hydroxyl groups is 2. The molecule has 0 bridgehead atoms. The maximum Gasteiger partial charge on any atom is 0.338 e. The van der Waals surface area contributed by atoms with Crippen LogP contribution >= 0.6 is 0 Å². The van der Waals surface area contributed by atoms with Gasteiger partial charge in [0.05, 0.1) is 30.8 Å². The lowest BCUT2D eigenvalue weighted by atomic mass is 9.96. The predicted octanol–water partition coefficient (Wildman–Crippen LogP) is 5.71. The van der Waals surface area contributed by atoms with Crippen LogP contribution in [-0.2, 0) is 63.3 Å². The first-order valence-electron chi connectivity index (χ1n) is 21.7. The third-order valence-electron chi connectivity index (χ3n) is 12.3. The molecule has 3 aromatic carbocycles. The number of esters is 4.